The summed E-state index contributed by atoms with van der Waals surface area (Å²) in [6.45, 7) is 4.94. The Kier molecular flexibility index (Phi) is 5.56. The number of nitrogens with one attached hydrogen (secondary N) is 1. The lowest BCUT2D eigenvalue weighted by molar-refractivity contribution is 0.376. The monoisotopic (exact) mass is 241 g/mol. The van der Waals surface area contributed by atoms with Crippen molar-refractivity contribution in [1.82, 2.24) is 5.32 Å². The van der Waals surface area contributed by atoms with Gasteiger partial charge in [-0.15, -0.1) is 0 Å². The van der Waals surface area contributed by atoms with Crippen molar-refractivity contribution in [3.05, 3.63) is 35.4 Å². The van der Waals surface area contributed by atoms with Gasteiger partial charge in [-0.2, -0.15) is 0 Å². The number of hydrogen-bond donors (Lipinski definition) is 1. The van der Waals surface area contributed by atoms with E-state index < -0.39 is 11.6 Å². The van der Waals surface area contributed by atoms with Crippen LogP contribution in [-0.4, -0.2) is 13.6 Å². The van der Waals surface area contributed by atoms with Crippen molar-refractivity contribution in [2.75, 3.05) is 13.6 Å². The zero-order valence-corrected chi connectivity index (χ0v) is 10.8. The molecule has 1 rings (SSSR count). The van der Waals surface area contributed by atoms with Gasteiger partial charge in [-0.05, 0) is 24.6 Å². The average molecular weight is 241 g/mol. The van der Waals surface area contributed by atoms with Crippen molar-refractivity contribution in [3.63, 3.8) is 0 Å². The molecule has 0 aliphatic heterocycles. The number of rotatable bonds is 6. The predicted molar refractivity (Wildman–Crippen MR) is 67.1 cm³/mol. The van der Waals surface area contributed by atoms with Crippen molar-refractivity contribution >= 4 is 0 Å². The van der Waals surface area contributed by atoms with E-state index in [4.69, 9.17) is 0 Å². The van der Waals surface area contributed by atoms with Crippen LogP contribution in [0.5, 0.6) is 0 Å². The molecule has 1 aromatic carbocycles. The van der Waals surface area contributed by atoms with E-state index in [9.17, 15) is 8.78 Å². The largest absolute Gasteiger partial charge is 0.319 e. The van der Waals surface area contributed by atoms with Gasteiger partial charge >= 0.3 is 0 Å². The van der Waals surface area contributed by atoms with Crippen LogP contribution in [0.4, 0.5) is 8.78 Å². The normalized spacial score (nSPS) is 13.1. The van der Waals surface area contributed by atoms with Gasteiger partial charge in [-0.3, -0.25) is 0 Å². The molecule has 0 aliphatic rings. The van der Waals surface area contributed by atoms with Gasteiger partial charge in [0.15, 0.2) is 0 Å². The van der Waals surface area contributed by atoms with Crippen LogP contribution in [-0.2, 0) is 0 Å². The van der Waals surface area contributed by atoms with Crippen molar-refractivity contribution in [2.24, 2.45) is 5.92 Å². The van der Waals surface area contributed by atoms with E-state index in [0.29, 0.717) is 11.5 Å². The van der Waals surface area contributed by atoms with Gasteiger partial charge < -0.3 is 5.32 Å². The molecule has 1 unspecified atom stereocenters. The second-order valence-electron chi connectivity index (χ2n) is 4.41. The van der Waals surface area contributed by atoms with Crippen LogP contribution >= 0.6 is 0 Å². The molecular formula is C14H21F2N. The highest BCUT2D eigenvalue weighted by molar-refractivity contribution is 5.23. The van der Waals surface area contributed by atoms with E-state index in [2.05, 4.69) is 19.2 Å². The molecule has 1 atom stereocenters. The highest BCUT2D eigenvalue weighted by atomic mass is 19.1. The van der Waals surface area contributed by atoms with Crippen LogP contribution in [0.3, 0.4) is 0 Å². The second-order valence-corrected chi connectivity index (χ2v) is 4.41. The van der Waals surface area contributed by atoms with Crippen molar-refractivity contribution in [2.45, 2.75) is 32.6 Å². The third-order valence-electron chi connectivity index (χ3n) is 3.40. The predicted octanol–water partition coefficient (Wildman–Crippen LogP) is 3.70. The fraction of sp³-hybridized carbons (Fsp3) is 0.571. The SMILES string of the molecule is CCC(CC)C(CNC)c1ccc(F)cc1F. The maximum absolute atomic E-state index is 13.8. The Labute approximate surface area is 102 Å². The quantitative estimate of drug-likeness (QED) is 0.800. The van der Waals surface area contributed by atoms with Crippen molar-refractivity contribution < 1.29 is 8.78 Å². The summed E-state index contributed by atoms with van der Waals surface area (Å²) in [5.41, 5.74) is 0.620. The maximum atomic E-state index is 13.8. The molecule has 3 heteroatoms. The molecule has 96 valence electrons. The fourth-order valence-electron chi connectivity index (χ4n) is 2.41. The summed E-state index contributed by atoms with van der Waals surface area (Å²) in [4.78, 5) is 0. The first kappa shape index (κ1) is 14.1. The van der Waals surface area contributed by atoms with Gasteiger partial charge in [-0.1, -0.05) is 32.8 Å². The smallest absolute Gasteiger partial charge is 0.129 e. The van der Waals surface area contributed by atoms with Crippen molar-refractivity contribution in [3.8, 4) is 0 Å². The molecule has 0 saturated heterocycles. The highest BCUT2D eigenvalue weighted by Crippen LogP contribution is 2.31. The standard InChI is InChI=1S/C14H21F2N/c1-4-10(5-2)13(9-17-3)12-7-6-11(15)8-14(12)16/h6-8,10,13,17H,4-5,9H2,1-3H3. The lowest BCUT2D eigenvalue weighted by Gasteiger charge is -2.26. The average Bonchev–Trinajstić information content (AvgIpc) is 2.30. The second kappa shape index (κ2) is 6.70. The summed E-state index contributed by atoms with van der Waals surface area (Å²) in [6, 6.07) is 3.88. The Morgan fingerprint density at radius 1 is 1.18 bits per heavy atom. The summed E-state index contributed by atoms with van der Waals surface area (Å²) in [6.07, 6.45) is 2.00. The Morgan fingerprint density at radius 3 is 2.29 bits per heavy atom. The minimum atomic E-state index is -0.515. The molecule has 0 radical (unpaired) electrons. The Hall–Kier alpha value is -0.960. The van der Waals surface area contributed by atoms with E-state index in [1.807, 2.05) is 7.05 Å². The number of hydrogen-bond acceptors (Lipinski definition) is 1. The van der Waals surface area contributed by atoms with E-state index in [1.165, 1.54) is 6.07 Å². The molecule has 0 spiro atoms. The van der Waals surface area contributed by atoms with Crippen molar-refractivity contribution in [1.29, 1.82) is 0 Å². The van der Waals surface area contributed by atoms with Gasteiger partial charge in [0, 0.05) is 18.5 Å². The lowest BCUT2D eigenvalue weighted by Crippen LogP contribution is -2.24. The third-order valence-corrected chi connectivity index (χ3v) is 3.40. The number of likely N-dealkylation sites (N-methyl/N-ethyl adjacent to an activating group) is 1. The Morgan fingerprint density at radius 2 is 1.82 bits per heavy atom. The molecule has 0 aliphatic carbocycles. The molecule has 0 saturated carbocycles. The topological polar surface area (TPSA) is 12.0 Å². The Balaban J connectivity index is 3.03. The van der Waals surface area contributed by atoms with Gasteiger partial charge in [0.25, 0.3) is 0 Å². The van der Waals surface area contributed by atoms with Crippen LogP contribution in [0.1, 0.15) is 38.2 Å². The third kappa shape index (κ3) is 3.50. The van der Waals surface area contributed by atoms with Crippen LogP contribution in [0.15, 0.2) is 18.2 Å². The molecule has 0 amide bonds. The zero-order valence-electron chi connectivity index (χ0n) is 10.8. The van der Waals surface area contributed by atoms with Crippen LogP contribution < -0.4 is 5.32 Å². The molecule has 1 aromatic rings. The van der Waals surface area contributed by atoms with E-state index in [-0.39, 0.29) is 5.92 Å². The summed E-state index contributed by atoms with van der Waals surface area (Å²) in [7, 11) is 1.86. The maximum Gasteiger partial charge on any atom is 0.129 e. The molecule has 0 aromatic heterocycles. The van der Waals surface area contributed by atoms with Gasteiger partial charge in [-0.25, -0.2) is 8.78 Å². The molecule has 1 nitrogen and oxygen atoms in total. The van der Waals surface area contributed by atoms with Crippen LogP contribution in [0, 0.1) is 17.6 Å². The van der Waals surface area contributed by atoms with E-state index in [1.54, 1.807) is 6.07 Å². The highest BCUT2D eigenvalue weighted by Gasteiger charge is 2.22. The lowest BCUT2D eigenvalue weighted by atomic mass is 9.82. The minimum absolute atomic E-state index is 0.107. The van der Waals surface area contributed by atoms with Gasteiger partial charge in [0.1, 0.15) is 11.6 Å². The first-order chi connectivity index (χ1) is 8.13. The van der Waals surface area contributed by atoms with Gasteiger partial charge in [0.05, 0.1) is 0 Å². The van der Waals surface area contributed by atoms with Crippen LogP contribution in [0.25, 0.3) is 0 Å². The minimum Gasteiger partial charge on any atom is -0.319 e. The summed E-state index contributed by atoms with van der Waals surface area (Å²) in [5, 5.41) is 3.10. The molecule has 1 N–H and O–H groups in total. The molecule has 0 heterocycles. The molecular weight excluding hydrogens is 220 g/mol. The first-order valence-corrected chi connectivity index (χ1v) is 6.23. The first-order valence-electron chi connectivity index (χ1n) is 6.23. The molecule has 0 bridgehead atoms. The van der Waals surface area contributed by atoms with E-state index in [0.717, 1.165) is 25.5 Å². The number of benzene rings is 1. The summed E-state index contributed by atoms with van der Waals surface area (Å²) >= 11 is 0. The molecule has 17 heavy (non-hydrogen) atoms. The fourth-order valence-corrected chi connectivity index (χ4v) is 2.41. The van der Waals surface area contributed by atoms with E-state index >= 15 is 0 Å². The molecule has 0 fully saturated rings. The summed E-state index contributed by atoms with van der Waals surface area (Å²) in [5.74, 6) is -0.422. The van der Waals surface area contributed by atoms with Crippen LogP contribution in [0.2, 0.25) is 0 Å². The summed E-state index contributed by atoms with van der Waals surface area (Å²) < 4.78 is 26.7. The van der Waals surface area contributed by atoms with Gasteiger partial charge in [0.2, 0.25) is 0 Å². The Bertz CT molecular complexity index is 348. The zero-order chi connectivity index (χ0) is 12.8. The number of halogens is 2.